The van der Waals surface area contributed by atoms with Crippen molar-refractivity contribution in [1.29, 1.82) is 0 Å². The van der Waals surface area contributed by atoms with Crippen LogP contribution in [0.4, 0.5) is 0 Å². The molecule has 0 aliphatic heterocycles. The Kier molecular flexibility index (Phi) is 3.74. The molecule has 0 aromatic carbocycles. The van der Waals surface area contributed by atoms with Crippen molar-refractivity contribution in [3.63, 3.8) is 0 Å². The van der Waals surface area contributed by atoms with Crippen molar-refractivity contribution in [1.82, 2.24) is 4.98 Å². The van der Waals surface area contributed by atoms with Crippen molar-refractivity contribution in [2.45, 2.75) is 4.84 Å². The molecule has 0 bridgehead atoms. The highest BCUT2D eigenvalue weighted by Crippen LogP contribution is 2.36. The van der Waals surface area contributed by atoms with Crippen LogP contribution < -0.4 is 0 Å². The van der Waals surface area contributed by atoms with E-state index in [9.17, 15) is 0 Å². The molecule has 1 heterocycles. The summed E-state index contributed by atoms with van der Waals surface area (Å²) in [7, 11) is 0. The summed E-state index contributed by atoms with van der Waals surface area (Å²) in [4.78, 5) is 2.94. The molecule has 1 rings (SSSR count). The molecule has 0 unspecified atom stereocenters. The first kappa shape index (κ1) is 10.7. The second-order valence-electron chi connectivity index (χ2n) is 1.93. The fourth-order valence-corrected chi connectivity index (χ4v) is 2.27. The Morgan fingerprint density at radius 3 is 2.17 bits per heavy atom. The molecule has 0 saturated heterocycles. The number of alkyl halides is 2. The topological polar surface area (TPSA) is 12.9 Å². The molecular formula is C6H2Cl5N. The van der Waals surface area contributed by atoms with E-state index in [0.29, 0.717) is 10.6 Å². The van der Waals surface area contributed by atoms with Crippen LogP contribution in [-0.4, -0.2) is 4.98 Å². The molecule has 1 aromatic heterocycles. The summed E-state index contributed by atoms with van der Waals surface area (Å²) in [6, 6.07) is 1.43. The zero-order valence-corrected chi connectivity index (χ0v) is 9.27. The number of aromatic nitrogens is 1. The van der Waals surface area contributed by atoms with E-state index in [2.05, 4.69) is 4.98 Å². The van der Waals surface area contributed by atoms with Gasteiger partial charge in [-0.15, -0.1) is 0 Å². The third kappa shape index (κ3) is 2.30. The molecule has 0 amide bonds. The lowest BCUT2D eigenvalue weighted by Crippen LogP contribution is -1.89. The van der Waals surface area contributed by atoms with Gasteiger partial charge in [-0.25, -0.2) is 4.98 Å². The average Bonchev–Trinajstić information content (AvgIpc) is 1.82. The molecule has 0 atom stereocenters. The molecule has 0 spiro atoms. The Morgan fingerprint density at radius 2 is 1.75 bits per heavy atom. The minimum Gasteiger partial charge on any atom is -0.224 e. The minimum absolute atomic E-state index is 0.127. The Hall–Kier alpha value is 0.600. The fraction of sp³-hybridized carbons (Fsp3) is 0.167. The van der Waals surface area contributed by atoms with Crippen molar-refractivity contribution in [2.24, 2.45) is 0 Å². The molecule has 0 saturated carbocycles. The van der Waals surface area contributed by atoms with Crippen molar-refractivity contribution < 1.29 is 0 Å². The van der Waals surface area contributed by atoms with E-state index >= 15 is 0 Å². The van der Waals surface area contributed by atoms with E-state index < -0.39 is 4.84 Å². The number of halogens is 5. The van der Waals surface area contributed by atoms with Crippen molar-refractivity contribution in [2.75, 3.05) is 0 Å². The summed E-state index contributed by atoms with van der Waals surface area (Å²) < 4.78 is 0. The predicted octanol–water partition coefficient (Wildman–Crippen LogP) is 4.52. The first-order valence-corrected chi connectivity index (χ1v) is 4.82. The van der Waals surface area contributed by atoms with Gasteiger partial charge in [0.2, 0.25) is 0 Å². The zero-order chi connectivity index (χ0) is 9.30. The van der Waals surface area contributed by atoms with Crippen molar-refractivity contribution >= 4 is 58.0 Å². The monoisotopic (exact) mass is 263 g/mol. The van der Waals surface area contributed by atoms with Gasteiger partial charge in [-0.2, -0.15) is 0 Å². The third-order valence-electron chi connectivity index (χ3n) is 1.15. The van der Waals surface area contributed by atoms with Crippen LogP contribution in [0, 0.1) is 0 Å². The van der Waals surface area contributed by atoms with Gasteiger partial charge in [0, 0.05) is 5.56 Å². The maximum absolute atomic E-state index is 5.75. The quantitative estimate of drug-likeness (QED) is 0.537. The maximum Gasteiger partial charge on any atom is 0.138 e. The lowest BCUT2D eigenvalue weighted by molar-refractivity contribution is 1.23. The zero-order valence-electron chi connectivity index (χ0n) is 5.49. The normalized spacial score (nSPS) is 10.8. The molecule has 0 N–H and O–H groups in total. The van der Waals surface area contributed by atoms with Gasteiger partial charge in [-0.1, -0.05) is 58.0 Å². The van der Waals surface area contributed by atoms with Crippen LogP contribution in [0.3, 0.4) is 0 Å². The molecule has 6 heteroatoms. The van der Waals surface area contributed by atoms with E-state index in [1.54, 1.807) is 0 Å². The van der Waals surface area contributed by atoms with Crippen LogP contribution in [0.5, 0.6) is 0 Å². The summed E-state index contributed by atoms with van der Waals surface area (Å²) in [5.74, 6) is 0. The van der Waals surface area contributed by atoms with E-state index in [0.717, 1.165) is 0 Å². The van der Waals surface area contributed by atoms with E-state index in [4.69, 9.17) is 58.0 Å². The van der Waals surface area contributed by atoms with Gasteiger partial charge in [0.05, 0.1) is 5.02 Å². The number of pyridine rings is 1. The standard InChI is InChI=1S/C6H2Cl5N/c7-2-1-3(8)12-6(11)4(2)5(9)10/h1,5H. The number of nitrogens with zero attached hydrogens (tertiary/aromatic N) is 1. The lowest BCUT2D eigenvalue weighted by atomic mass is 10.3. The Labute approximate surface area is 94.5 Å². The second kappa shape index (κ2) is 4.21. The van der Waals surface area contributed by atoms with E-state index in [1.165, 1.54) is 6.07 Å². The fourth-order valence-electron chi connectivity index (χ4n) is 0.661. The summed E-state index contributed by atoms with van der Waals surface area (Å²) >= 11 is 28.2. The van der Waals surface area contributed by atoms with Crippen LogP contribution in [0.1, 0.15) is 10.4 Å². The molecule has 0 fully saturated rings. The van der Waals surface area contributed by atoms with E-state index in [1.807, 2.05) is 0 Å². The Morgan fingerprint density at radius 1 is 1.17 bits per heavy atom. The SMILES string of the molecule is Clc1cc(Cl)c(C(Cl)Cl)c(Cl)n1. The van der Waals surface area contributed by atoms with Crippen LogP contribution in [0.15, 0.2) is 6.07 Å². The number of hydrogen-bond donors (Lipinski definition) is 0. The van der Waals surface area contributed by atoms with Gasteiger partial charge >= 0.3 is 0 Å². The first-order chi connectivity index (χ1) is 5.52. The average molecular weight is 265 g/mol. The first-order valence-electron chi connectivity index (χ1n) is 2.82. The molecule has 1 aromatic rings. The van der Waals surface area contributed by atoms with Crippen molar-refractivity contribution in [3.8, 4) is 0 Å². The maximum atomic E-state index is 5.75. The highest BCUT2D eigenvalue weighted by atomic mass is 35.5. The minimum atomic E-state index is -0.797. The smallest absolute Gasteiger partial charge is 0.138 e. The largest absolute Gasteiger partial charge is 0.224 e. The molecule has 66 valence electrons. The number of hydrogen-bond acceptors (Lipinski definition) is 1. The highest BCUT2D eigenvalue weighted by Gasteiger charge is 2.15. The van der Waals surface area contributed by atoms with Gasteiger partial charge in [0.15, 0.2) is 0 Å². The summed E-state index contributed by atoms with van der Waals surface area (Å²) in [5.41, 5.74) is 0.381. The van der Waals surface area contributed by atoms with Crippen LogP contribution in [-0.2, 0) is 0 Å². The molecule has 1 nitrogen and oxygen atoms in total. The third-order valence-corrected chi connectivity index (χ3v) is 2.38. The van der Waals surface area contributed by atoms with Crippen LogP contribution in [0.2, 0.25) is 15.3 Å². The van der Waals surface area contributed by atoms with E-state index in [-0.39, 0.29) is 10.3 Å². The summed E-state index contributed by atoms with van der Waals surface area (Å²) in [6.07, 6.45) is 0. The predicted molar refractivity (Wildman–Crippen MR) is 53.7 cm³/mol. The van der Waals surface area contributed by atoms with Crippen molar-refractivity contribution in [3.05, 3.63) is 27.0 Å². The summed E-state index contributed by atoms with van der Waals surface area (Å²) in [5, 5.41) is 0.653. The van der Waals surface area contributed by atoms with Gasteiger partial charge in [-0.3, -0.25) is 0 Å². The summed E-state index contributed by atoms with van der Waals surface area (Å²) in [6.45, 7) is 0. The Bertz CT molecular complexity index is 275. The van der Waals surface area contributed by atoms with Gasteiger partial charge in [0.25, 0.3) is 0 Å². The molecule has 0 aliphatic carbocycles. The van der Waals surface area contributed by atoms with Crippen LogP contribution in [0.25, 0.3) is 0 Å². The van der Waals surface area contributed by atoms with Gasteiger partial charge < -0.3 is 0 Å². The number of rotatable bonds is 1. The molecule has 0 radical (unpaired) electrons. The second-order valence-corrected chi connectivity index (χ2v) is 4.18. The highest BCUT2D eigenvalue weighted by molar-refractivity contribution is 6.47. The lowest BCUT2D eigenvalue weighted by Gasteiger charge is -2.06. The molecule has 12 heavy (non-hydrogen) atoms. The van der Waals surface area contributed by atoms with Crippen LogP contribution >= 0.6 is 58.0 Å². The molecule has 0 aliphatic rings. The Balaban J connectivity index is 3.28. The van der Waals surface area contributed by atoms with Gasteiger partial charge in [0.1, 0.15) is 15.1 Å². The molecular weight excluding hydrogens is 263 g/mol. The van der Waals surface area contributed by atoms with Gasteiger partial charge in [-0.05, 0) is 6.07 Å².